The molecule has 5 rings (SSSR count). The van der Waals surface area contributed by atoms with Gasteiger partial charge in [0.1, 0.15) is 0 Å². The number of hydrogen-bond donors (Lipinski definition) is 0. The number of alkyl halides is 2. The first kappa shape index (κ1) is 20.9. The van der Waals surface area contributed by atoms with Gasteiger partial charge in [-0.05, 0) is 42.5 Å². The summed E-state index contributed by atoms with van der Waals surface area (Å²) in [7, 11) is -3.27. The van der Waals surface area contributed by atoms with E-state index >= 15 is 0 Å². The van der Waals surface area contributed by atoms with Crippen molar-refractivity contribution in [3.05, 3.63) is 60.2 Å². The summed E-state index contributed by atoms with van der Waals surface area (Å²) in [6.45, 7) is 3.20. The molecular formula is C24H28F2N2O2S. The zero-order chi connectivity index (χ0) is 21.8. The predicted octanol–water partition coefficient (Wildman–Crippen LogP) is 4.24. The quantitative estimate of drug-likeness (QED) is 0.689. The van der Waals surface area contributed by atoms with Crippen LogP contribution >= 0.6 is 0 Å². The topological polar surface area (TPSA) is 40.6 Å². The van der Waals surface area contributed by atoms with Crippen LogP contribution in [-0.4, -0.2) is 51.7 Å². The Bertz CT molecular complexity index is 1050. The maximum atomic E-state index is 13.6. The molecule has 0 bridgehead atoms. The first-order valence-electron chi connectivity index (χ1n) is 11.0. The van der Waals surface area contributed by atoms with Crippen molar-refractivity contribution in [2.45, 2.75) is 29.7 Å². The molecule has 1 saturated heterocycles. The van der Waals surface area contributed by atoms with E-state index in [2.05, 4.69) is 21.9 Å². The Morgan fingerprint density at radius 1 is 1.00 bits per heavy atom. The van der Waals surface area contributed by atoms with E-state index in [-0.39, 0.29) is 6.04 Å². The van der Waals surface area contributed by atoms with E-state index in [4.69, 9.17) is 0 Å². The third-order valence-corrected chi connectivity index (χ3v) is 8.43. The molecule has 31 heavy (non-hydrogen) atoms. The molecule has 2 aliphatic carbocycles. The summed E-state index contributed by atoms with van der Waals surface area (Å²) < 4.78 is 51.2. The maximum Gasteiger partial charge on any atom is 0.254 e. The van der Waals surface area contributed by atoms with E-state index in [1.807, 2.05) is 24.3 Å². The molecule has 0 spiro atoms. The van der Waals surface area contributed by atoms with Crippen molar-refractivity contribution in [3.63, 3.8) is 0 Å². The number of fused-ring (bicyclic) bond motifs is 1. The highest BCUT2D eigenvalue weighted by atomic mass is 32.2. The second-order valence-corrected chi connectivity index (χ2v) is 11.4. The first-order chi connectivity index (χ1) is 14.7. The fraction of sp³-hybridized carbons (Fsp3) is 0.500. The lowest BCUT2D eigenvalue weighted by Gasteiger charge is -2.44. The Kier molecular flexibility index (Phi) is 5.09. The van der Waals surface area contributed by atoms with Gasteiger partial charge in [0.15, 0.2) is 9.84 Å². The lowest BCUT2D eigenvalue weighted by Crippen LogP contribution is -2.49. The van der Waals surface area contributed by atoms with Crippen molar-refractivity contribution < 1.29 is 17.2 Å². The molecule has 2 aromatic rings. The lowest BCUT2D eigenvalue weighted by atomic mass is 9.97. The van der Waals surface area contributed by atoms with Gasteiger partial charge in [-0.1, -0.05) is 36.4 Å². The van der Waals surface area contributed by atoms with E-state index in [1.54, 1.807) is 18.2 Å². The van der Waals surface area contributed by atoms with Gasteiger partial charge in [0, 0.05) is 50.0 Å². The van der Waals surface area contributed by atoms with Crippen molar-refractivity contribution in [2.75, 3.05) is 37.3 Å². The van der Waals surface area contributed by atoms with Crippen LogP contribution in [0.2, 0.25) is 0 Å². The van der Waals surface area contributed by atoms with Crippen LogP contribution in [-0.2, 0) is 9.84 Å². The van der Waals surface area contributed by atoms with Gasteiger partial charge in [0.2, 0.25) is 0 Å². The monoisotopic (exact) mass is 446 g/mol. The van der Waals surface area contributed by atoms with E-state index in [0.717, 1.165) is 31.9 Å². The third kappa shape index (κ3) is 3.98. The number of hydrogen-bond acceptors (Lipinski definition) is 4. The minimum Gasteiger partial charge on any atom is -0.368 e. The maximum absolute atomic E-state index is 13.6. The highest BCUT2D eigenvalue weighted by Crippen LogP contribution is 2.65. The molecule has 0 N–H and O–H groups in total. The van der Waals surface area contributed by atoms with Crippen molar-refractivity contribution >= 4 is 15.5 Å². The van der Waals surface area contributed by atoms with Crippen LogP contribution in [0, 0.1) is 17.8 Å². The predicted molar refractivity (Wildman–Crippen MR) is 117 cm³/mol. The summed E-state index contributed by atoms with van der Waals surface area (Å²) in [4.78, 5) is 5.01. The number of piperazine rings is 1. The van der Waals surface area contributed by atoms with E-state index in [1.165, 1.54) is 11.8 Å². The molecule has 1 aliphatic heterocycles. The van der Waals surface area contributed by atoms with E-state index in [0.29, 0.717) is 23.7 Å². The largest absolute Gasteiger partial charge is 0.368 e. The molecule has 4 nitrogen and oxygen atoms in total. The summed E-state index contributed by atoms with van der Waals surface area (Å²) in [6, 6.07) is 17.6. The van der Waals surface area contributed by atoms with Crippen LogP contribution in [0.5, 0.6) is 0 Å². The van der Waals surface area contributed by atoms with Crippen LogP contribution < -0.4 is 4.90 Å². The Balaban J connectivity index is 1.35. The molecule has 4 atom stereocenters. The summed E-state index contributed by atoms with van der Waals surface area (Å²) in [5, 5.41) is 0. The smallest absolute Gasteiger partial charge is 0.254 e. The first-order valence-corrected chi connectivity index (χ1v) is 12.8. The van der Waals surface area contributed by atoms with Crippen LogP contribution in [0.15, 0.2) is 59.5 Å². The van der Waals surface area contributed by atoms with Gasteiger partial charge >= 0.3 is 0 Å². The highest BCUT2D eigenvalue weighted by Gasteiger charge is 2.71. The highest BCUT2D eigenvalue weighted by molar-refractivity contribution is 7.90. The minimum atomic E-state index is -3.27. The zero-order valence-electron chi connectivity index (χ0n) is 17.6. The second-order valence-electron chi connectivity index (χ2n) is 9.36. The number of nitrogens with zero attached hydrogens (tertiary/aromatic N) is 2. The fourth-order valence-corrected chi connectivity index (χ4v) is 6.23. The molecule has 3 aliphatic rings. The third-order valence-electron chi connectivity index (χ3n) is 7.32. The summed E-state index contributed by atoms with van der Waals surface area (Å²) in [5.74, 6) is -2.88. The van der Waals surface area contributed by atoms with Crippen LogP contribution in [0.4, 0.5) is 14.5 Å². The fourth-order valence-electron chi connectivity index (χ4n) is 5.57. The minimum absolute atomic E-state index is 0.147. The van der Waals surface area contributed by atoms with Gasteiger partial charge in [0.05, 0.1) is 10.9 Å². The van der Waals surface area contributed by atoms with E-state index in [9.17, 15) is 17.2 Å². The van der Waals surface area contributed by atoms with Crippen molar-refractivity contribution in [1.29, 1.82) is 0 Å². The Morgan fingerprint density at radius 3 is 2.39 bits per heavy atom. The molecule has 0 amide bonds. The Morgan fingerprint density at radius 2 is 1.71 bits per heavy atom. The molecule has 166 valence electrons. The number of anilines is 1. The summed E-state index contributed by atoms with van der Waals surface area (Å²) in [5.41, 5.74) is 2.12. The van der Waals surface area contributed by atoms with Crippen LogP contribution in [0.25, 0.3) is 0 Å². The van der Waals surface area contributed by atoms with Crippen molar-refractivity contribution in [2.24, 2.45) is 17.8 Å². The van der Waals surface area contributed by atoms with Crippen LogP contribution in [0.3, 0.4) is 0 Å². The number of rotatable bonds is 5. The molecule has 2 saturated carbocycles. The van der Waals surface area contributed by atoms with Gasteiger partial charge in [-0.3, -0.25) is 4.90 Å². The molecule has 0 aromatic heterocycles. The molecule has 7 heteroatoms. The SMILES string of the molecule is CS(=O)(=O)c1cccc(N2CCN(C[C@H]3C[C@@H]4[C@H](C3)C4(F)F)[C@H](c3ccccc3)C2)c1. The molecular weight excluding hydrogens is 418 g/mol. The van der Waals surface area contributed by atoms with Crippen molar-refractivity contribution in [1.82, 2.24) is 4.90 Å². The van der Waals surface area contributed by atoms with E-state index < -0.39 is 27.6 Å². The van der Waals surface area contributed by atoms with Crippen molar-refractivity contribution in [3.8, 4) is 0 Å². The van der Waals surface area contributed by atoms with Gasteiger partial charge in [-0.2, -0.15) is 0 Å². The molecule has 3 fully saturated rings. The number of sulfone groups is 1. The standard InChI is InChI=1S/C24H28F2N2O2S/c1-31(29,30)20-9-5-8-19(14-20)27-10-11-28(23(16-27)18-6-3-2-4-7-18)15-17-12-21-22(13-17)24(21,25)26/h2-9,14,17,21-23H,10-13,15-16H2,1H3/t17-,21+,22-,23-/m0/s1. The number of benzene rings is 2. The van der Waals surface area contributed by atoms with Gasteiger partial charge in [0.25, 0.3) is 5.92 Å². The van der Waals surface area contributed by atoms with Gasteiger partial charge < -0.3 is 4.90 Å². The summed E-state index contributed by atoms with van der Waals surface area (Å²) >= 11 is 0. The lowest BCUT2D eigenvalue weighted by molar-refractivity contribution is 0.0546. The Hall–Kier alpha value is -1.99. The second kappa shape index (κ2) is 7.55. The average Bonchev–Trinajstić information content (AvgIpc) is 3.06. The molecule has 2 aromatic carbocycles. The molecule has 0 radical (unpaired) electrons. The normalized spacial score (nSPS) is 30.2. The molecule has 1 heterocycles. The Labute approximate surface area is 182 Å². The average molecular weight is 447 g/mol. The number of halogens is 2. The molecule has 0 unspecified atom stereocenters. The van der Waals surface area contributed by atoms with Gasteiger partial charge in [-0.25, -0.2) is 17.2 Å². The summed E-state index contributed by atoms with van der Waals surface area (Å²) in [6.07, 6.45) is 2.50. The van der Waals surface area contributed by atoms with Gasteiger partial charge in [-0.15, -0.1) is 0 Å². The zero-order valence-corrected chi connectivity index (χ0v) is 18.4. The van der Waals surface area contributed by atoms with Crippen LogP contribution in [0.1, 0.15) is 24.4 Å².